The lowest BCUT2D eigenvalue weighted by molar-refractivity contribution is -0.340. The van der Waals surface area contributed by atoms with Gasteiger partial charge in [-0.05, 0) is 85.2 Å². The quantitative estimate of drug-likeness (QED) is 0.527. The number of hydrogen-bond acceptors (Lipinski definition) is 4. The molecule has 0 aromatic heterocycles. The minimum Gasteiger partial charge on any atom is -0.393 e. The van der Waals surface area contributed by atoms with Crippen molar-refractivity contribution in [1.29, 1.82) is 0 Å². The number of hydrogen-bond donors (Lipinski definition) is 1. The number of carbonyl (C=O) groups is 1. The second-order valence-corrected chi connectivity index (χ2v) is 13.0. The highest BCUT2D eigenvalue weighted by Crippen LogP contribution is 2.73. The molecular weight excluding hydrogens is 400 g/mol. The Hall–Kier alpha value is -0.710. The maximum atomic E-state index is 13.6. The molecule has 5 aliphatic rings. The largest absolute Gasteiger partial charge is 0.393 e. The zero-order valence-electron chi connectivity index (χ0n) is 21.1. The maximum absolute atomic E-state index is 13.6. The molecule has 0 aromatic rings. The average Bonchev–Trinajstić information content (AvgIpc) is 3.18. The van der Waals surface area contributed by atoms with Gasteiger partial charge in [-0.25, -0.2) is 9.78 Å². The molecule has 2 bridgehead atoms. The molecule has 1 heterocycles. The Morgan fingerprint density at radius 1 is 1.00 bits per heavy atom. The van der Waals surface area contributed by atoms with Crippen molar-refractivity contribution in [2.75, 3.05) is 0 Å². The summed E-state index contributed by atoms with van der Waals surface area (Å²) >= 11 is 0. The smallest absolute Gasteiger partial charge is 0.191 e. The first-order valence-electron chi connectivity index (χ1n) is 13.3. The Kier molecular flexibility index (Phi) is 5.33. The van der Waals surface area contributed by atoms with E-state index in [1.165, 1.54) is 24.8 Å². The number of fused-ring (bicyclic) bond motifs is 2. The van der Waals surface area contributed by atoms with Crippen molar-refractivity contribution in [3.8, 4) is 0 Å². The van der Waals surface area contributed by atoms with E-state index in [2.05, 4.69) is 41.5 Å². The van der Waals surface area contributed by atoms with Crippen molar-refractivity contribution < 1.29 is 19.7 Å². The summed E-state index contributed by atoms with van der Waals surface area (Å²) in [6.45, 7) is 14.3. The lowest BCUT2D eigenvalue weighted by Gasteiger charge is -2.59. The summed E-state index contributed by atoms with van der Waals surface area (Å²) < 4.78 is 0. The molecule has 0 amide bonds. The van der Waals surface area contributed by atoms with Crippen LogP contribution in [0, 0.1) is 40.4 Å². The maximum Gasteiger partial charge on any atom is 0.191 e. The van der Waals surface area contributed by atoms with Gasteiger partial charge in [0, 0.05) is 11.8 Å². The van der Waals surface area contributed by atoms with E-state index in [0.717, 1.165) is 43.9 Å². The van der Waals surface area contributed by atoms with Gasteiger partial charge in [0.05, 0.1) is 6.10 Å². The van der Waals surface area contributed by atoms with Crippen LogP contribution in [0.1, 0.15) is 99.3 Å². The van der Waals surface area contributed by atoms with Crippen LogP contribution in [0.3, 0.4) is 0 Å². The van der Waals surface area contributed by atoms with Gasteiger partial charge in [-0.15, -0.1) is 0 Å². The summed E-state index contributed by atoms with van der Waals surface area (Å²) in [6.07, 6.45) is 10.4. The Labute approximate surface area is 194 Å². The van der Waals surface area contributed by atoms with Gasteiger partial charge in [0.1, 0.15) is 5.60 Å². The molecule has 4 heteroatoms. The van der Waals surface area contributed by atoms with Crippen LogP contribution in [0.15, 0.2) is 11.6 Å². The van der Waals surface area contributed by atoms with E-state index in [-0.39, 0.29) is 16.6 Å². The molecule has 4 aliphatic carbocycles. The molecule has 4 nitrogen and oxygen atoms in total. The van der Waals surface area contributed by atoms with Crippen LogP contribution < -0.4 is 0 Å². The van der Waals surface area contributed by atoms with Gasteiger partial charge in [-0.2, -0.15) is 0 Å². The van der Waals surface area contributed by atoms with E-state index in [4.69, 9.17) is 9.78 Å². The molecule has 5 rings (SSSR count). The second kappa shape index (κ2) is 7.39. The Bertz CT molecular complexity index is 818. The molecule has 1 N–H and O–H groups in total. The molecule has 4 fully saturated rings. The molecule has 32 heavy (non-hydrogen) atoms. The third-order valence-corrected chi connectivity index (χ3v) is 11.5. The summed E-state index contributed by atoms with van der Waals surface area (Å²) in [5.41, 5.74) is -0.407. The van der Waals surface area contributed by atoms with Crippen LogP contribution in [-0.2, 0) is 14.6 Å². The van der Waals surface area contributed by atoms with Crippen LogP contribution in [0.2, 0.25) is 0 Å². The number of aliphatic hydroxyl groups is 1. The standard InChI is InChI=1S/C28H44O4/c1-17(2)18(3)7-8-19(4)21-9-10-22-23-15-24(30)28-16-20(29)11-12-26(28,6)27(23,31-32-28)14-13-25(21,22)5/h15,17-22,29H,7-14,16H2,1-6H3/t18-,19+,20?,21+,22-,25+,26+,27+,28?/m0/s1. The highest BCUT2D eigenvalue weighted by atomic mass is 17.2. The molecule has 180 valence electrons. The van der Waals surface area contributed by atoms with Gasteiger partial charge in [-0.1, -0.05) is 54.4 Å². The monoisotopic (exact) mass is 444 g/mol. The molecule has 3 saturated carbocycles. The lowest BCUT2D eigenvalue weighted by Crippen LogP contribution is -2.66. The SMILES string of the molecule is CC(C)[C@@H](C)CC[C@@H](C)[C@H]1CC[C@H]2C3=CC(=O)C45CC(O)CC[C@]4(C)[C@]3(CC[C@]12C)OO5. The summed E-state index contributed by atoms with van der Waals surface area (Å²) in [6, 6.07) is 0. The number of ketones is 1. The van der Waals surface area contributed by atoms with E-state index in [1.807, 2.05) is 6.08 Å². The molecule has 1 saturated heterocycles. The fraction of sp³-hybridized carbons (Fsp3) is 0.893. The summed E-state index contributed by atoms with van der Waals surface area (Å²) in [5, 5.41) is 10.4. The highest BCUT2D eigenvalue weighted by molar-refractivity contribution is 6.01. The number of aliphatic hydroxyl groups excluding tert-OH is 1. The molecule has 0 aromatic carbocycles. The van der Waals surface area contributed by atoms with Crippen molar-refractivity contribution in [1.82, 2.24) is 0 Å². The average molecular weight is 445 g/mol. The molecule has 0 radical (unpaired) electrons. The fourth-order valence-electron chi connectivity index (χ4n) is 8.78. The van der Waals surface area contributed by atoms with E-state index < -0.39 is 17.3 Å². The molecule has 2 unspecified atom stereocenters. The molecule has 9 atom stereocenters. The van der Waals surface area contributed by atoms with E-state index >= 15 is 0 Å². The van der Waals surface area contributed by atoms with Crippen molar-refractivity contribution in [2.45, 2.75) is 117 Å². The van der Waals surface area contributed by atoms with E-state index in [9.17, 15) is 9.90 Å². The highest BCUT2D eigenvalue weighted by Gasteiger charge is 2.78. The predicted octanol–water partition coefficient (Wildman–Crippen LogP) is 6.02. The van der Waals surface area contributed by atoms with Gasteiger partial charge in [0.15, 0.2) is 11.4 Å². The van der Waals surface area contributed by atoms with Crippen LogP contribution in [0.5, 0.6) is 0 Å². The van der Waals surface area contributed by atoms with Gasteiger partial charge in [0.2, 0.25) is 0 Å². The summed E-state index contributed by atoms with van der Waals surface area (Å²) in [4.78, 5) is 25.8. The Morgan fingerprint density at radius 2 is 1.72 bits per heavy atom. The van der Waals surface area contributed by atoms with Gasteiger partial charge < -0.3 is 5.11 Å². The normalized spacial score (nSPS) is 49.3. The Morgan fingerprint density at radius 3 is 2.44 bits per heavy atom. The van der Waals surface area contributed by atoms with Crippen LogP contribution in [0.4, 0.5) is 0 Å². The number of carbonyl (C=O) groups excluding carboxylic acids is 1. The first-order valence-corrected chi connectivity index (χ1v) is 13.3. The first kappa shape index (κ1) is 23.1. The predicted molar refractivity (Wildman–Crippen MR) is 125 cm³/mol. The van der Waals surface area contributed by atoms with Crippen molar-refractivity contribution in [2.24, 2.45) is 40.4 Å². The van der Waals surface area contributed by atoms with Crippen LogP contribution >= 0.6 is 0 Å². The van der Waals surface area contributed by atoms with E-state index in [1.54, 1.807) is 0 Å². The van der Waals surface area contributed by atoms with Crippen molar-refractivity contribution in [3.05, 3.63) is 11.6 Å². The lowest BCUT2D eigenvalue weighted by atomic mass is 9.44. The number of rotatable bonds is 5. The second-order valence-electron chi connectivity index (χ2n) is 13.0. The fourth-order valence-corrected chi connectivity index (χ4v) is 8.78. The molecule has 1 aliphatic heterocycles. The minimum atomic E-state index is -1.000. The van der Waals surface area contributed by atoms with Crippen LogP contribution in [-0.4, -0.2) is 28.2 Å². The minimum absolute atomic E-state index is 0.0355. The molecular formula is C28H44O4. The third-order valence-electron chi connectivity index (χ3n) is 11.5. The zero-order chi connectivity index (χ0) is 23.1. The summed E-state index contributed by atoms with van der Waals surface area (Å²) in [7, 11) is 0. The summed E-state index contributed by atoms with van der Waals surface area (Å²) in [5.74, 6) is 3.37. The molecule has 1 spiro atoms. The van der Waals surface area contributed by atoms with Gasteiger partial charge >= 0.3 is 0 Å². The topological polar surface area (TPSA) is 55.8 Å². The van der Waals surface area contributed by atoms with Gasteiger partial charge in [0.25, 0.3) is 0 Å². The third kappa shape index (κ3) is 2.75. The van der Waals surface area contributed by atoms with E-state index in [0.29, 0.717) is 24.2 Å². The van der Waals surface area contributed by atoms with Crippen molar-refractivity contribution >= 4 is 5.78 Å². The first-order chi connectivity index (χ1) is 15.0. The van der Waals surface area contributed by atoms with Gasteiger partial charge in [-0.3, -0.25) is 4.79 Å². The Balaban J connectivity index is 1.44. The van der Waals surface area contributed by atoms with Crippen molar-refractivity contribution in [3.63, 3.8) is 0 Å². The van der Waals surface area contributed by atoms with Crippen LogP contribution in [0.25, 0.3) is 0 Å². The zero-order valence-corrected chi connectivity index (χ0v) is 21.1.